The van der Waals surface area contributed by atoms with Crippen LogP contribution in [0.5, 0.6) is 5.75 Å². The highest BCUT2D eigenvalue weighted by molar-refractivity contribution is 7.99. The summed E-state index contributed by atoms with van der Waals surface area (Å²) in [6, 6.07) is 1.90. The van der Waals surface area contributed by atoms with Crippen molar-refractivity contribution in [3.8, 4) is 5.75 Å². The predicted molar refractivity (Wildman–Crippen MR) is 70.4 cm³/mol. The first-order chi connectivity index (χ1) is 8.16. The van der Waals surface area contributed by atoms with Crippen LogP contribution in [0.25, 0.3) is 0 Å². The highest BCUT2D eigenvalue weighted by atomic mass is 32.2. The van der Waals surface area contributed by atoms with Gasteiger partial charge in [-0.05, 0) is 43.8 Å². The summed E-state index contributed by atoms with van der Waals surface area (Å²) in [4.78, 5) is 4.14. The fourth-order valence-corrected chi connectivity index (χ4v) is 3.30. The smallest absolute Gasteiger partial charge is 0.138 e. The Morgan fingerprint density at radius 3 is 2.94 bits per heavy atom. The third-order valence-electron chi connectivity index (χ3n) is 2.86. The van der Waals surface area contributed by atoms with Gasteiger partial charge in [0.05, 0.1) is 18.4 Å². The fourth-order valence-electron chi connectivity index (χ4n) is 2.01. The second-order valence-corrected chi connectivity index (χ2v) is 5.84. The summed E-state index contributed by atoms with van der Waals surface area (Å²) in [5, 5.41) is 10.3. The Kier molecular flexibility index (Phi) is 4.29. The molecule has 2 rings (SSSR count). The monoisotopic (exact) mass is 253 g/mol. The van der Waals surface area contributed by atoms with Crippen molar-refractivity contribution in [3.05, 3.63) is 24.0 Å². The predicted octanol–water partition coefficient (Wildman–Crippen LogP) is 2.66. The van der Waals surface area contributed by atoms with E-state index in [9.17, 15) is 5.11 Å². The van der Waals surface area contributed by atoms with Crippen molar-refractivity contribution in [1.82, 2.24) is 4.98 Å². The van der Waals surface area contributed by atoms with Crippen LogP contribution >= 0.6 is 11.8 Å². The van der Waals surface area contributed by atoms with E-state index < -0.39 is 6.10 Å². The van der Waals surface area contributed by atoms with Crippen molar-refractivity contribution in [3.63, 3.8) is 0 Å². The molecule has 2 heterocycles. The number of aliphatic hydroxyl groups is 1. The van der Waals surface area contributed by atoms with E-state index in [1.165, 1.54) is 0 Å². The van der Waals surface area contributed by atoms with E-state index in [1.54, 1.807) is 12.4 Å². The van der Waals surface area contributed by atoms with Crippen molar-refractivity contribution >= 4 is 11.8 Å². The molecule has 94 valence electrons. The van der Waals surface area contributed by atoms with Crippen molar-refractivity contribution in [1.29, 1.82) is 0 Å². The van der Waals surface area contributed by atoms with Gasteiger partial charge < -0.3 is 9.84 Å². The second-order valence-electron chi connectivity index (χ2n) is 4.69. The number of hydrogen-bond donors (Lipinski definition) is 1. The van der Waals surface area contributed by atoms with Crippen LogP contribution in [0.15, 0.2) is 18.5 Å². The van der Waals surface area contributed by atoms with Gasteiger partial charge in [0.15, 0.2) is 0 Å². The van der Waals surface area contributed by atoms with Crippen LogP contribution in [0.2, 0.25) is 0 Å². The lowest BCUT2D eigenvalue weighted by Crippen LogP contribution is -2.13. The third kappa shape index (κ3) is 3.36. The first-order valence-electron chi connectivity index (χ1n) is 6.04. The number of pyridine rings is 1. The van der Waals surface area contributed by atoms with Crippen molar-refractivity contribution in [2.24, 2.45) is 5.92 Å². The minimum atomic E-state index is -0.409. The molecule has 0 amide bonds. The molecule has 17 heavy (non-hydrogen) atoms. The van der Waals surface area contributed by atoms with Gasteiger partial charge in [0.1, 0.15) is 5.75 Å². The Morgan fingerprint density at radius 1 is 1.47 bits per heavy atom. The van der Waals surface area contributed by atoms with Crippen LogP contribution in [0.4, 0.5) is 0 Å². The molecular formula is C13H19NO2S. The Bertz CT molecular complexity index is 364. The molecule has 1 aliphatic heterocycles. The SMILES string of the molecule is CC(C)Oc1cncc(C(O)C2CCSC2)c1. The number of aliphatic hydroxyl groups excluding tert-OH is 1. The normalized spacial score (nSPS) is 21.8. The van der Waals surface area contributed by atoms with Crippen molar-refractivity contribution in [2.45, 2.75) is 32.5 Å². The molecule has 1 aromatic rings. The van der Waals surface area contributed by atoms with Gasteiger partial charge in [-0.2, -0.15) is 11.8 Å². The number of nitrogens with zero attached hydrogens (tertiary/aromatic N) is 1. The highest BCUT2D eigenvalue weighted by Gasteiger charge is 2.25. The number of hydrogen-bond acceptors (Lipinski definition) is 4. The maximum absolute atomic E-state index is 10.3. The van der Waals surface area contributed by atoms with Crippen LogP contribution in [0.1, 0.15) is 31.9 Å². The van der Waals surface area contributed by atoms with Gasteiger partial charge in [-0.15, -0.1) is 0 Å². The van der Waals surface area contributed by atoms with Crippen LogP contribution < -0.4 is 4.74 Å². The average Bonchev–Trinajstić information content (AvgIpc) is 2.81. The molecule has 1 N–H and O–H groups in total. The van der Waals surface area contributed by atoms with E-state index in [2.05, 4.69) is 4.98 Å². The van der Waals surface area contributed by atoms with Crippen molar-refractivity contribution in [2.75, 3.05) is 11.5 Å². The Balaban J connectivity index is 2.09. The average molecular weight is 253 g/mol. The van der Waals surface area contributed by atoms with E-state index in [1.807, 2.05) is 31.7 Å². The molecule has 0 aromatic carbocycles. The van der Waals surface area contributed by atoms with E-state index in [0.717, 1.165) is 29.2 Å². The number of rotatable bonds is 4. The van der Waals surface area contributed by atoms with Gasteiger partial charge in [0.25, 0.3) is 0 Å². The molecular weight excluding hydrogens is 234 g/mol. The highest BCUT2D eigenvalue weighted by Crippen LogP contribution is 2.34. The molecule has 0 spiro atoms. The topological polar surface area (TPSA) is 42.4 Å². The summed E-state index contributed by atoms with van der Waals surface area (Å²) in [7, 11) is 0. The molecule has 1 saturated heterocycles. The maximum Gasteiger partial charge on any atom is 0.138 e. The van der Waals surface area contributed by atoms with Gasteiger partial charge in [-0.25, -0.2) is 0 Å². The quantitative estimate of drug-likeness (QED) is 0.896. The Morgan fingerprint density at radius 2 is 2.29 bits per heavy atom. The summed E-state index contributed by atoms with van der Waals surface area (Å²) in [6.45, 7) is 3.97. The summed E-state index contributed by atoms with van der Waals surface area (Å²) in [5.41, 5.74) is 0.871. The lowest BCUT2D eigenvalue weighted by atomic mass is 9.96. The molecule has 1 fully saturated rings. The van der Waals surface area contributed by atoms with E-state index in [4.69, 9.17) is 4.74 Å². The zero-order chi connectivity index (χ0) is 12.3. The van der Waals surface area contributed by atoms with Gasteiger partial charge in [-0.3, -0.25) is 4.98 Å². The van der Waals surface area contributed by atoms with Gasteiger partial charge in [0.2, 0.25) is 0 Å². The van der Waals surface area contributed by atoms with Gasteiger partial charge in [-0.1, -0.05) is 0 Å². The summed E-state index contributed by atoms with van der Waals surface area (Å²) >= 11 is 1.91. The van der Waals surface area contributed by atoms with Gasteiger partial charge in [0, 0.05) is 11.8 Å². The first kappa shape index (κ1) is 12.7. The summed E-state index contributed by atoms with van der Waals surface area (Å²) in [5.74, 6) is 3.28. The molecule has 4 heteroatoms. The minimum absolute atomic E-state index is 0.131. The summed E-state index contributed by atoms with van der Waals surface area (Å²) < 4.78 is 5.59. The lowest BCUT2D eigenvalue weighted by Gasteiger charge is -2.18. The fraction of sp³-hybridized carbons (Fsp3) is 0.615. The zero-order valence-corrected chi connectivity index (χ0v) is 11.1. The van der Waals surface area contributed by atoms with Crippen LogP contribution in [-0.4, -0.2) is 27.7 Å². The molecule has 1 aromatic heterocycles. The lowest BCUT2D eigenvalue weighted by molar-refractivity contribution is 0.120. The molecule has 2 unspecified atom stereocenters. The van der Waals surface area contributed by atoms with Crippen LogP contribution in [-0.2, 0) is 0 Å². The maximum atomic E-state index is 10.3. The van der Waals surface area contributed by atoms with Gasteiger partial charge >= 0.3 is 0 Å². The second kappa shape index (κ2) is 5.74. The number of aromatic nitrogens is 1. The first-order valence-corrected chi connectivity index (χ1v) is 7.19. The zero-order valence-electron chi connectivity index (χ0n) is 10.3. The standard InChI is InChI=1S/C13H19NO2S/c1-9(2)16-12-5-11(6-14-7-12)13(15)10-3-4-17-8-10/h5-7,9-10,13,15H,3-4,8H2,1-2H3. The van der Waals surface area contributed by atoms with Crippen molar-refractivity contribution < 1.29 is 9.84 Å². The largest absolute Gasteiger partial charge is 0.489 e. The van der Waals surface area contributed by atoms with Crippen LogP contribution in [0, 0.1) is 5.92 Å². The molecule has 1 aliphatic rings. The number of thioether (sulfide) groups is 1. The molecule has 0 saturated carbocycles. The van der Waals surface area contributed by atoms with E-state index >= 15 is 0 Å². The summed E-state index contributed by atoms with van der Waals surface area (Å²) in [6.07, 6.45) is 4.24. The van der Waals surface area contributed by atoms with E-state index in [-0.39, 0.29) is 6.10 Å². The van der Waals surface area contributed by atoms with Crippen LogP contribution in [0.3, 0.4) is 0 Å². The Hall–Kier alpha value is -0.740. The number of ether oxygens (including phenoxy) is 1. The molecule has 3 nitrogen and oxygen atoms in total. The molecule has 2 atom stereocenters. The molecule has 0 aliphatic carbocycles. The van der Waals surface area contributed by atoms with E-state index in [0.29, 0.717) is 5.92 Å². The molecule has 0 radical (unpaired) electrons. The third-order valence-corrected chi connectivity index (χ3v) is 4.05. The minimum Gasteiger partial charge on any atom is -0.489 e. The molecule has 0 bridgehead atoms. The Labute approximate surface area is 107 Å².